The second-order valence-electron chi connectivity index (χ2n) is 3.40. The summed E-state index contributed by atoms with van der Waals surface area (Å²) in [5.74, 6) is -0.277. The molecule has 0 unspecified atom stereocenters. The van der Waals surface area contributed by atoms with Gasteiger partial charge in [-0.25, -0.2) is 4.98 Å². The predicted octanol–water partition coefficient (Wildman–Crippen LogP) is 1.39. The number of aromatic amines is 1. The first-order valence-electron chi connectivity index (χ1n) is 4.85. The zero-order chi connectivity index (χ0) is 11.5. The molecule has 0 bridgehead atoms. The zero-order valence-electron chi connectivity index (χ0n) is 8.40. The first-order chi connectivity index (χ1) is 7.66. The lowest BCUT2D eigenvalue weighted by molar-refractivity contribution is -0.137. The maximum Gasteiger partial charge on any atom is 0.303 e. The molecule has 0 saturated carbocycles. The van der Waals surface area contributed by atoms with Crippen molar-refractivity contribution in [3.05, 3.63) is 27.6 Å². The molecule has 0 radical (unpaired) electrons. The number of aliphatic carboxylic acids is 1. The van der Waals surface area contributed by atoms with Crippen LogP contribution in [0.1, 0.15) is 18.7 Å². The lowest BCUT2D eigenvalue weighted by Crippen LogP contribution is -2.11. The summed E-state index contributed by atoms with van der Waals surface area (Å²) in [6.07, 6.45) is 1.05. The molecule has 0 amide bonds. The van der Waals surface area contributed by atoms with Gasteiger partial charge in [-0.2, -0.15) is 0 Å². The summed E-state index contributed by atoms with van der Waals surface area (Å²) in [5, 5.41) is 10.9. The van der Waals surface area contributed by atoms with Crippen molar-refractivity contribution in [3.63, 3.8) is 0 Å². The summed E-state index contributed by atoms with van der Waals surface area (Å²) < 4.78 is 0. The molecule has 0 aliphatic heterocycles. The van der Waals surface area contributed by atoms with Gasteiger partial charge in [-0.3, -0.25) is 9.59 Å². The Morgan fingerprint density at radius 2 is 2.38 bits per heavy atom. The molecule has 2 rings (SSSR count). The molecule has 0 spiro atoms. The van der Waals surface area contributed by atoms with Crippen LogP contribution < -0.4 is 5.56 Å². The van der Waals surface area contributed by atoms with Crippen molar-refractivity contribution in [2.45, 2.75) is 19.3 Å². The van der Waals surface area contributed by atoms with Gasteiger partial charge in [0.05, 0.1) is 5.39 Å². The Morgan fingerprint density at radius 3 is 3.12 bits per heavy atom. The highest BCUT2D eigenvalue weighted by atomic mass is 32.1. The van der Waals surface area contributed by atoms with Crippen LogP contribution in [0.5, 0.6) is 0 Å². The summed E-state index contributed by atoms with van der Waals surface area (Å²) in [4.78, 5) is 29.5. The normalized spacial score (nSPS) is 10.8. The van der Waals surface area contributed by atoms with Crippen LogP contribution in [0.4, 0.5) is 0 Å². The van der Waals surface area contributed by atoms with E-state index in [4.69, 9.17) is 5.11 Å². The summed E-state index contributed by atoms with van der Waals surface area (Å²) in [7, 11) is 0. The fourth-order valence-electron chi connectivity index (χ4n) is 1.44. The van der Waals surface area contributed by atoms with Gasteiger partial charge in [0.25, 0.3) is 5.56 Å². The molecular formula is C10H10N2O3S. The molecule has 16 heavy (non-hydrogen) atoms. The van der Waals surface area contributed by atoms with Crippen LogP contribution >= 0.6 is 11.3 Å². The fraction of sp³-hybridized carbons (Fsp3) is 0.300. The molecule has 2 aromatic rings. The molecule has 0 saturated heterocycles. The molecule has 5 nitrogen and oxygen atoms in total. The quantitative estimate of drug-likeness (QED) is 0.843. The number of aromatic nitrogens is 2. The summed E-state index contributed by atoms with van der Waals surface area (Å²) in [5.41, 5.74) is -0.156. The maximum absolute atomic E-state index is 11.6. The van der Waals surface area contributed by atoms with Crippen molar-refractivity contribution in [2.75, 3.05) is 0 Å². The van der Waals surface area contributed by atoms with E-state index >= 15 is 0 Å². The number of H-pyrrole nitrogens is 1. The van der Waals surface area contributed by atoms with Gasteiger partial charge in [-0.15, -0.1) is 11.3 Å². The van der Waals surface area contributed by atoms with Crippen molar-refractivity contribution < 1.29 is 9.90 Å². The number of hydrogen-bond donors (Lipinski definition) is 2. The van der Waals surface area contributed by atoms with Gasteiger partial charge in [0, 0.05) is 12.8 Å². The smallest absolute Gasteiger partial charge is 0.303 e. The predicted molar refractivity (Wildman–Crippen MR) is 60.8 cm³/mol. The highest BCUT2D eigenvalue weighted by molar-refractivity contribution is 7.16. The monoisotopic (exact) mass is 238 g/mol. The van der Waals surface area contributed by atoms with Crippen LogP contribution in [0.15, 0.2) is 16.2 Å². The van der Waals surface area contributed by atoms with Crippen LogP contribution in [0, 0.1) is 0 Å². The third-order valence-electron chi connectivity index (χ3n) is 2.19. The summed E-state index contributed by atoms with van der Waals surface area (Å²) >= 11 is 1.41. The van der Waals surface area contributed by atoms with Crippen molar-refractivity contribution in [1.29, 1.82) is 0 Å². The minimum absolute atomic E-state index is 0.0895. The van der Waals surface area contributed by atoms with Crippen molar-refractivity contribution in [2.24, 2.45) is 0 Å². The number of thiophene rings is 1. The first kappa shape index (κ1) is 10.8. The van der Waals surface area contributed by atoms with E-state index in [9.17, 15) is 9.59 Å². The lowest BCUT2D eigenvalue weighted by Gasteiger charge is -1.98. The molecule has 0 atom stereocenters. The van der Waals surface area contributed by atoms with E-state index < -0.39 is 5.97 Å². The SMILES string of the molecule is O=C(O)CCCc1nc2sccc2c(=O)[nH]1. The number of nitrogens with one attached hydrogen (secondary N) is 1. The molecule has 0 aliphatic carbocycles. The Kier molecular flexibility index (Phi) is 3.00. The third-order valence-corrected chi connectivity index (χ3v) is 2.99. The van der Waals surface area contributed by atoms with Crippen LogP contribution in [0.25, 0.3) is 10.2 Å². The highest BCUT2D eigenvalue weighted by Gasteiger charge is 2.05. The summed E-state index contributed by atoms with van der Waals surface area (Å²) in [6.45, 7) is 0. The van der Waals surface area contributed by atoms with E-state index in [0.717, 1.165) is 0 Å². The first-order valence-corrected chi connectivity index (χ1v) is 5.73. The molecule has 2 heterocycles. The highest BCUT2D eigenvalue weighted by Crippen LogP contribution is 2.14. The molecule has 84 valence electrons. The fourth-order valence-corrected chi connectivity index (χ4v) is 2.22. The van der Waals surface area contributed by atoms with Gasteiger partial charge in [-0.05, 0) is 17.9 Å². The Hall–Kier alpha value is -1.69. The zero-order valence-corrected chi connectivity index (χ0v) is 9.21. The molecule has 6 heteroatoms. The molecule has 0 fully saturated rings. The lowest BCUT2D eigenvalue weighted by atomic mass is 10.2. The number of aryl methyl sites for hydroxylation is 1. The topological polar surface area (TPSA) is 83.0 Å². The minimum atomic E-state index is -0.834. The Bertz CT molecular complexity index is 573. The van der Waals surface area contributed by atoms with Crippen molar-refractivity contribution >= 4 is 27.5 Å². The number of carbonyl (C=O) groups is 1. The summed E-state index contributed by atoms with van der Waals surface area (Å²) in [6, 6.07) is 1.73. The third kappa shape index (κ3) is 2.27. The van der Waals surface area contributed by atoms with Crippen LogP contribution in [-0.4, -0.2) is 21.0 Å². The standard InChI is InChI=1S/C10H10N2O3S/c13-8(14)3-1-2-7-11-9(15)6-4-5-16-10(6)12-7/h4-5H,1-3H2,(H,13,14)(H,11,12,15). The number of nitrogens with zero attached hydrogens (tertiary/aromatic N) is 1. The van der Waals surface area contributed by atoms with Crippen molar-refractivity contribution in [1.82, 2.24) is 9.97 Å². The van der Waals surface area contributed by atoms with Gasteiger partial charge >= 0.3 is 5.97 Å². The number of hydrogen-bond acceptors (Lipinski definition) is 4. The van der Waals surface area contributed by atoms with E-state index in [2.05, 4.69) is 9.97 Å². The Morgan fingerprint density at radius 1 is 1.56 bits per heavy atom. The van der Waals surface area contributed by atoms with E-state index in [1.165, 1.54) is 11.3 Å². The Balaban J connectivity index is 2.18. The van der Waals surface area contributed by atoms with Gasteiger partial charge in [-0.1, -0.05) is 0 Å². The van der Waals surface area contributed by atoms with Crippen LogP contribution in [0.3, 0.4) is 0 Å². The maximum atomic E-state index is 11.6. The molecule has 2 aromatic heterocycles. The van der Waals surface area contributed by atoms with Gasteiger partial charge < -0.3 is 10.1 Å². The molecule has 2 N–H and O–H groups in total. The minimum Gasteiger partial charge on any atom is -0.481 e. The van der Waals surface area contributed by atoms with Crippen molar-refractivity contribution in [3.8, 4) is 0 Å². The average Bonchev–Trinajstić information content (AvgIpc) is 2.65. The number of rotatable bonds is 4. The van der Waals surface area contributed by atoms with Gasteiger partial charge in [0.2, 0.25) is 0 Å². The largest absolute Gasteiger partial charge is 0.481 e. The van der Waals surface area contributed by atoms with Crippen LogP contribution in [-0.2, 0) is 11.2 Å². The average molecular weight is 238 g/mol. The molecule has 0 aromatic carbocycles. The van der Waals surface area contributed by atoms with Gasteiger partial charge in [0.1, 0.15) is 10.7 Å². The Labute approximate surface area is 94.8 Å². The number of carboxylic acid groups (broad SMARTS) is 1. The second-order valence-corrected chi connectivity index (χ2v) is 4.29. The van der Waals surface area contributed by atoms with Gasteiger partial charge in [0.15, 0.2) is 0 Å². The second kappa shape index (κ2) is 4.44. The van der Waals surface area contributed by atoms with E-state index in [-0.39, 0.29) is 12.0 Å². The number of fused-ring (bicyclic) bond motifs is 1. The van der Waals surface area contributed by atoms with E-state index in [0.29, 0.717) is 28.9 Å². The van der Waals surface area contributed by atoms with Crippen LogP contribution in [0.2, 0.25) is 0 Å². The van der Waals surface area contributed by atoms with E-state index in [1.807, 2.05) is 5.38 Å². The molecule has 0 aliphatic rings. The molecular weight excluding hydrogens is 228 g/mol. The number of carboxylic acids is 1. The van der Waals surface area contributed by atoms with E-state index in [1.54, 1.807) is 6.07 Å².